The van der Waals surface area contributed by atoms with Crippen molar-refractivity contribution in [2.75, 3.05) is 0 Å². The fraction of sp³-hybridized carbons (Fsp3) is 0.250. The van der Waals surface area contributed by atoms with Crippen molar-refractivity contribution in [1.29, 1.82) is 0 Å². The van der Waals surface area contributed by atoms with Gasteiger partial charge in [0.1, 0.15) is 0 Å². The highest BCUT2D eigenvalue weighted by Gasteiger charge is 2.11. The van der Waals surface area contributed by atoms with E-state index >= 15 is 0 Å². The first-order valence-electron chi connectivity index (χ1n) is 6.21. The topological polar surface area (TPSA) is 30.0 Å². The second-order valence-corrected chi connectivity index (χ2v) is 3.81. The second-order valence-electron chi connectivity index (χ2n) is 3.81. The van der Waals surface area contributed by atoms with Crippen molar-refractivity contribution in [1.82, 2.24) is 4.98 Å². The zero-order valence-electron chi connectivity index (χ0n) is 11.4. The molecule has 0 spiro atoms. The first-order chi connectivity index (χ1) is 8.70. The van der Waals surface area contributed by atoms with Gasteiger partial charge in [-0.3, -0.25) is 9.78 Å². The molecule has 1 heterocycles. The summed E-state index contributed by atoms with van der Waals surface area (Å²) in [6.07, 6.45) is 3.27. The fourth-order valence-electron chi connectivity index (χ4n) is 1.66. The SMILES string of the molecule is CC.Cc1cccc(C(=O)c2ccncc2)c1C. The number of carbonyl (C=O) groups is 1. The van der Waals surface area contributed by atoms with Crippen LogP contribution >= 0.6 is 0 Å². The van der Waals surface area contributed by atoms with Crippen LogP contribution in [0.15, 0.2) is 42.7 Å². The number of aromatic nitrogens is 1. The lowest BCUT2D eigenvalue weighted by molar-refractivity contribution is 0.103. The lowest BCUT2D eigenvalue weighted by Gasteiger charge is -2.07. The average molecular weight is 241 g/mol. The molecule has 0 aliphatic carbocycles. The molecule has 94 valence electrons. The van der Waals surface area contributed by atoms with Crippen molar-refractivity contribution in [3.05, 3.63) is 65.0 Å². The molecule has 0 atom stereocenters. The summed E-state index contributed by atoms with van der Waals surface area (Å²) in [4.78, 5) is 16.1. The summed E-state index contributed by atoms with van der Waals surface area (Å²) in [5.41, 5.74) is 3.64. The van der Waals surface area contributed by atoms with Gasteiger partial charge >= 0.3 is 0 Å². The summed E-state index contributed by atoms with van der Waals surface area (Å²) < 4.78 is 0. The molecule has 0 fully saturated rings. The summed E-state index contributed by atoms with van der Waals surface area (Å²) >= 11 is 0. The van der Waals surface area contributed by atoms with Gasteiger partial charge in [-0.2, -0.15) is 0 Å². The third-order valence-corrected chi connectivity index (χ3v) is 2.79. The van der Waals surface area contributed by atoms with Gasteiger partial charge in [0.2, 0.25) is 0 Å². The molecule has 0 aliphatic heterocycles. The summed E-state index contributed by atoms with van der Waals surface area (Å²) in [5, 5.41) is 0. The number of pyridine rings is 1. The van der Waals surface area contributed by atoms with E-state index in [0.717, 1.165) is 16.7 Å². The molecule has 2 aromatic rings. The third-order valence-electron chi connectivity index (χ3n) is 2.79. The van der Waals surface area contributed by atoms with Gasteiger partial charge in [-0.15, -0.1) is 0 Å². The Balaban J connectivity index is 0.000000771. The van der Waals surface area contributed by atoms with Gasteiger partial charge in [0, 0.05) is 23.5 Å². The molecule has 0 aliphatic rings. The van der Waals surface area contributed by atoms with Crippen molar-refractivity contribution < 1.29 is 4.79 Å². The van der Waals surface area contributed by atoms with Crippen LogP contribution in [0, 0.1) is 13.8 Å². The summed E-state index contributed by atoms with van der Waals surface area (Å²) in [6, 6.07) is 9.27. The molecular weight excluding hydrogens is 222 g/mol. The number of hydrogen-bond acceptors (Lipinski definition) is 2. The number of carbonyl (C=O) groups excluding carboxylic acids is 1. The minimum absolute atomic E-state index is 0.0589. The van der Waals surface area contributed by atoms with E-state index in [2.05, 4.69) is 4.98 Å². The van der Waals surface area contributed by atoms with Crippen LogP contribution in [0.1, 0.15) is 40.9 Å². The van der Waals surface area contributed by atoms with Gasteiger partial charge in [-0.1, -0.05) is 32.0 Å². The fourth-order valence-corrected chi connectivity index (χ4v) is 1.66. The largest absolute Gasteiger partial charge is 0.289 e. The van der Waals surface area contributed by atoms with E-state index in [-0.39, 0.29) is 5.78 Å². The standard InChI is InChI=1S/C14H13NO.C2H6/c1-10-4-3-5-13(11(10)2)14(16)12-6-8-15-9-7-12;1-2/h3-9H,1-2H3;1-2H3. The molecule has 0 amide bonds. The van der Waals surface area contributed by atoms with E-state index in [4.69, 9.17) is 0 Å². The number of rotatable bonds is 2. The predicted molar refractivity (Wildman–Crippen MR) is 74.9 cm³/mol. The monoisotopic (exact) mass is 241 g/mol. The average Bonchev–Trinajstić information content (AvgIpc) is 2.44. The minimum Gasteiger partial charge on any atom is -0.289 e. The Hall–Kier alpha value is -1.96. The van der Waals surface area contributed by atoms with E-state index in [1.807, 2.05) is 45.9 Å². The Morgan fingerprint density at radius 1 is 1.00 bits per heavy atom. The summed E-state index contributed by atoms with van der Waals surface area (Å²) in [7, 11) is 0. The van der Waals surface area contributed by atoms with Gasteiger partial charge in [-0.05, 0) is 37.1 Å². The van der Waals surface area contributed by atoms with Crippen molar-refractivity contribution in [2.24, 2.45) is 0 Å². The maximum Gasteiger partial charge on any atom is 0.193 e. The Morgan fingerprint density at radius 3 is 2.22 bits per heavy atom. The van der Waals surface area contributed by atoms with Crippen molar-refractivity contribution in [2.45, 2.75) is 27.7 Å². The van der Waals surface area contributed by atoms with Crippen LogP contribution in [0.3, 0.4) is 0 Å². The number of hydrogen-bond donors (Lipinski definition) is 0. The van der Waals surface area contributed by atoms with Crippen molar-refractivity contribution >= 4 is 5.78 Å². The van der Waals surface area contributed by atoms with Gasteiger partial charge in [0.05, 0.1) is 0 Å². The van der Waals surface area contributed by atoms with Crippen molar-refractivity contribution in [3.8, 4) is 0 Å². The number of benzene rings is 1. The number of aryl methyl sites for hydroxylation is 1. The molecule has 2 heteroatoms. The van der Waals surface area contributed by atoms with E-state index in [1.165, 1.54) is 0 Å². The zero-order valence-corrected chi connectivity index (χ0v) is 11.4. The normalized spacial score (nSPS) is 9.33. The van der Waals surface area contributed by atoms with E-state index < -0.39 is 0 Å². The molecule has 0 saturated carbocycles. The van der Waals surface area contributed by atoms with Crippen LogP contribution in [-0.4, -0.2) is 10.8 Å². The number of ketones is 1. The Bertz CT molecular complexity index is 518. The van der Waals surface area contributed by atoms with Crippen LogP contribution in [0.2, 0.25) is 0 Å². The summed E-state index contributed by atoms with van der Waals surface area (Å²) in [5.74, 6) is 0.0589. The molecule has 0 radical (unpaired) electrons. The molecule has 2 nitrogen and oxygen atoms in total. The molecule has 0 saturated heterocycles. The van der Waals surface area contributed by atoms with Crippen LogP contribution < -0.4 is 0 Å². The van der Waals surface area contributed by atoms with Gasteiger partial charge in [0.15, 0.2) is 5.78 Å². The molecule has 2 rings (SSSR count). The molecular formula is C16H19NO. The van der Waals surface area contributed by atoms with Gasteiger partial charge in [-0.25, -0.2) is 0 Å². The predicted octanol–water partition coefficient (Wildman–Crippen LogP) is 3.96. The second kappa shape index (κ2) is 6.70. The maximum atomic E-state index is 12.2. The highest BCUT2D eigenvalue weighted by atomic mass is 16.1. The van der Waals surface area contributed by atoms with Gasteiger partial charge < -0.3 is 0 Å². The van der Waals surface area contributed by atoms with E-state index in [1.54, 1.807) is 24.5 Å². The molecule has 0 unspecified atom stereocenters. The van der Waals surface area contributed by atoms with Crippen LogP contribution in [0.5, 0.6) is 0 Å². The lowest BCUT2D eigenvalue weighted by Crippen LogP contribution is -2.04. The van der Waals surface area contributed by atoms with Gasteiger partial charge in [0.25, 0.3) is 0 Å². The highest BCUT2D eigenvalue weighted by Crippen LogP contribution is 2.16. The molecule has 0 N–H and O–H groups in total. The van der Waals surface area contributed by atoms with Crippen LogP contribution in [-0.2, 0) is 0 Å². The molecule has 0 bridgehead atoms. The van der Waals surface area contributed by atoms with Crippen LogP contribution in [0.4, 0.5) is 0 Å². The Kier molecular flexibility index (Phi) is 5.25. The lowest BCUT2D eigenvalue weighted by atomic mass is 9.97. The van der Waals surface area contributed by atoms with Crippen molar-refractivity contribution in [3.63, 3.8) is 0 Å². The summed E-state index contributed by atoms with van der Waals surface area (Å²) in [6.45, 7) is 7.99. The highest BCUT2D eigenvalue weighted by molar-refractivity contribution is 6.09. The minimum atomic E-state index is 0.0589. The molecule has 1 aromatic heterocycles. The Morgan fingerprint density at radius 2 is 1.61 bits per heavy atom. The first kappa shape index (κ1) is 14.1. The number of nitrogens with zero attached hydrogens (tertiary/aromatic N) is 1. The quantitative estimate of drug-likeness (QED) is 0.745. The van der Waals surface area contributed by atoms with Crippen LogP contribution in [0.25, 0.3) is 0 Å². The zero-order chi connectivity index (χ0) is 13.5. The molecule has 1 aromatic carbocycles. The first-order valence-corrected chi connectivity index (χ1v) is 6.21. The Labute approximate surface area is 109 Å². The maximum absolute atomic E-state index is 12.2. The van der Waals surface area contributed by atoms with E-state index in [0.29, 0.717) is 5.56 Å². The molecule has 18 heavy (non-hydrogen) atoms. The van der Waals surface area contributed by atoms with E-state index in [9.17, 15) is 4.79 Å². The smallest absolute Gasteiger partial charge is 0.193 e. The third kappa shape index (κ3) is 3.04.